The predicted molar refractivity (Wildman–Crippen MR) is 81.2 cm³/mol. The summed E-state index contributed by atoms with van der Waals surface area (Å²) in [6, 6.07) is 0. The molecule has 0 spiro atoms. The fourth-order valence-corrected chi connectivity index (χ4v) is 2.50. The summed E-state index contributed by atoms with van der Waals surface area (Å²) in [5.74, 6) is -3.72. The second-order valence-corrected chi connectivity index (χ2v) is 5.79. The van der Waals surface area contributed by atoms with Gasteiger partial charge in [-0.2, -0.15) is 0 Å². The lowest BCUT2D eigenvalue weighted by atomic mass is 10.1. The summed E-state index contributed by atoms with van der Waals surface area (Å²) in [4.78, 5) is 34.2. The number of carboxylic acid groups (broad SMARTS) is 2. The molecule has 0 amide bonds. The Kier molecular flexibility index (Phi) is 6.32. The molecule has 1 saturated heterocycles. The van der Waals surface area contributed by atoms with Crippen LogP contribution < -0.4 is 0 Å². The van der Waals surface area contributed by atoms with Crippen molar-refractivity contribution in [2.45, 2.75) is 43.5 Å². The molecular formula is C15H19NO10. The van der Waals surface area contributed by atoms with Gasteiger partial charge < -0.3 is 39.9 Å². The molecule has 1 fully saturated rings. The number of allylic oxidation sites excluding steroid dienone is 1. The number of ether oxygens (including phenoxy) is 2. The zero-order valence-electron chi connectivity index (χ0n) is 13.5. The number of aliphatic hydroxyl groups is 3. The topological polar surface area (TPSA) is 174 Å². The Morgan fingerprint density at radius 3 is 2.58 bits per heavy atom. The van der Waals surface area contributed by atoms with Crippen molar-refractivity contribution in [2.75, 3.05) is 6.61 Å². The van der Waals surface area contributed by atoms with E-state index in [0.717, 1.165) is 0 Å². The van der Waals surface area contributed by atoms with Gasteiger partial charge in [0.05, 0.1) is 12.0 Å². The summed E-state index contributed by atoms with van der Waals surface area (Å²) in [5, 5.41) is 47.0. The molecule has 2 rings (SSSR count). The maximum atomic E-state index is 11.5. The van der Waals surface area contributed by atoms with Gasteiger partial charge in [-0.25, -0.2) is 9.59 Å². The first-order chi connectivity index (χ1) is 12.2. The fraction of sp³-hybridized carbons (Fsp3) is 0.533. The first kappa shape index (κ1) is 19.8. The van der Waals surface area contributed by atoms with E-state index in [1.165, 1.54) is 17.3 Å². The third-order valence-corrected chi connectivity index (χ3v) is 3.86. The van der Waals surface area contributed by atoms with E-state index in [4.69, 9.17) is 19.7 Å². The highest BCUT2D eigenvalue weighted by atomic mass is 16.6. The average molecular weight is 373 g/mol. The molecule has 0 aliphatic carbocycles. The van der Waals surface area contributed by atoms with Gasteiger partial charge in [-0.1, -0.05) is 6.08 Å². The van der Waals surface area contributed by atoms with Crippen molar-refractivity contribution in [1.29, 1.82) is 0 Å². The van der Waals surface area contributed by atoms with Gasteiger partial charge in [-0.15, -0.1) is 0 Å². The minimum absolute atomic E-state index is 0.0597. The van der Waals surface area contributed by atoms with Gasteiger partial charge in [0.15, 0.2) is 12.3 Å². The van der Waals surface area contributed by atoms with E-state index in [0.29, 0.717) is 0 Å². The number of hydrogen-bond acceptors (Lipinski definition) is 9. The number of hydrogen-bond donors (Lipinski definition) is 5. The van der Waals surface area contributed by atoms with Crippen LogP contribution in [0.1, 0.15) is 12.8 Å². The zero-order valence-corrected chi connectivity index (χ0v) is 13.5. The molecule has 2 aliphatic rings. The molecule has 5 N–H and O–H groups in total. The first-order valence-electron chi connectivity index (χ1n) is 7.67. The van der Waals surface area contributed by atoms with E-state index >= 15 is 0 Å². The van der Waals surface area contributed by atoms with Crippen molar-refractivity contribution in [3.8, 4) is 0 Å². The SMILES string of the molecule is O=C(O)C[C@H](O)C(=O)OC[C@H]1O[C@@H](N2C=CCC(C(=O)O)=C2)[C@H](O)[C@@H]1O. The lowest BCUT2D eigenvalue weighted by Crippen LogP contribution is -2.40. The van der Waals surface area contributed by atoms with Crippen molar-refractivity contribution in [1.82, 2.24) is 4.90 Å². The summed E-state index contributed by atoms with van der Waals surface area (Å²) in [7, 11) is 0. The van der Waals surface area contributed by atoms with E-state index < -0.39 is 61.6 Å². The monoisotopic (exact) mass is 373 g/mol. The normalized spacial score (nSPS) is 29.2. The van der Waals surface area contributed by atoms with Crippen molar-refractivity contribution in [3.63, 3.8) is 0 Å². The maximum absolute atomic E-state index is 11.5. The van der Waals surface area contributed by atoms with Crippen LogP contribution in [0.15, 0.2) is 24.0 Å². The predicted octanol–water partition coefficient (Wildman–Crippen LogP) is -2.00. The van der Waals surface area contributed by atoms with Crippen LogP contribution in [0.5, 0.6) is 0 Å². The molecule has 0 aromatic carbocycles. The number of esters is 1. The number of carbonyl (C=O) groups excluding carboxylic acids is 1. The molecule has 0 saturated carbocycles. The van der Waals surface area contributed by atoms with Crippen molar-refractivity contribution < 1.29 is 49.4 Å². The van der Waals surface area contributed by atoms with Crippen LogP contribution in [-0.2, 0) is 23.9 Å². The summed E-state index contributed by atoms with van der Waals surface area (Å²) in [5.41, 5.74) is 0.0597. The summed E-state index contributed by atoms with van der Waals surface area (Å²) in [6.45, 7) is -0.530. The maximum Gasteiger partial charge on any atom is 0.335 e. The molecule has 11 heteroatoms. The van der Waals surface area contributed by atoms with Crippen molar-refractivity contribution in [2.24, 2.45) is 0 Å². The molecule has 2 aliphatic heterocycles. The number of nitrogens with zero attached hydrogens (tertiary/aromatic N) is 1. The summed E-state index contributed by atoms with van der Waals surface area (Å²) < 4.78 is 10.1. The van der Waals surface area contributed by atoms with E-state index in [9.17, 15) is 29.7 Å². The van der Waals surface area contributed by atoms with Crippen LogP contribution in [0.3, 0.4) is 0 Å². The standard InChI is InChI=1S/C15H19NO10/c17-8(4-10(18)19)15(24)25-6-9-11(20)12(21)13(26-9)16-3-1-2-7(5-16)14(22)23/h1,3,5,8-9,11-13,17,20-21H,2,4,6H2,(H,18,19)(H,22,23)/t8-,9+,11+,12+,13+/m0/s1. The number of aliphatic hydroxyl groups excluding tert-OH is 3. The van der Waals surface area contributed by atoms with E-state index in [1.54, 1.807) is 6.08 Å². The molecular weight excluding hydrogens is 354 g/mol. The number of carboxylic acids is 2. The Labute approximate surface area is 147 Å². The largest absolute Gasteiger partial charge is 0.481 e. The van der Waals surface area contributed by atoms with Gasteiger partial charge >= 0.3 is 17.9 Å². The Morgan fingerprint density at radius 1 is 1.27 bits per heavy atom. The highest BCUT2D eigenvalue weighted by Crippen LogP contribution is 2.27. The van der Waals surface area contributed by atoms with Gasteiger partial charge in [0.1, 0.15) is 24.9 Å². The van der Waals surface area contributed by atoms with Crippen LogP contribution in [0, 0.1) is 0 Å². The van der Waals surface area contributed by atoms with Gasteiger partial charge in [-0.3, -0.25) is 4.79 Å². The lowest BCUT2D eigenvalue weighted by molar-refractivity contribution is -0.163. The van der Waals surface area contributed by atoms with Gasteiger partial charge in [-0.05, 0) is 0 Å². The minimum Gasteiger partial charge on any atom is -0.481 e. The van der Waals surface area contributed by atoms with Crippen molar-refractivity contribution >= 4 is 17.9 Å². The summed E-state index contributed by atoms with van der Waals surface area (Å²) in [6.07, 6.45) is -3.33. The Balaban J connectivity index is 1.96. The van der Waals surface area contributed by atoms with Gasteiger partial charge in [0.2, 0.25) is 0 Å². The van der Waals surface area contributed by atoms with E-state index in [1.807, 2.05) is 0 Å². The van der Waals surface area contributed by atoms with E-state index in [-0.39, 0.29) is 12.0 Å². The van der Waals surface area contributed by atoms with Crippen LogP contribution >= 0.6 is 0 Å². The highest BCUT2D eigenvalue weighted by Gasteiger charge is 2.45. The molecule has 0 unspecified atom stereocenters. The van der Waals surface area contributed by atoms with Crippen molar-refractivity contribution in [3.05, 3.63) is 24.0 Å². The third kappa shape index (κ3) is 4.58. The highest BCUT2D eigenvalue weighted by molar-refractivity contribution is 5.87. The summed E-state index contributed by atoms with van der Waals surface area (Å²) >= 11 is 0. The molecule has 0 radical (unpaired) electrons. The lowest BCUT2D eigenvalue weighted by Gasteiger charge is -2.28. The molecule has 11 nitrogen and oxygen atoms in total. The molecule has 0 bridgehead atoms. The Hall–Kier alpha value is -2.47. The minimum atomic E-state index is -1.86. The first-order valence-corrected chi connectivity index (χ1v) is 7.67. The van der Waals surface area contributed by atoms with E-state index in [2.05, 4.69) is 0 Å². The zero-order chi connectivity index (χ0) is 19.4. The molecule has 2 heterocycles. The molecule has 0 aromatic rings. The molecule has 5 atom stereocenters. The number of aliphatic carboxylic acids is 2. The van der Waals surface area contributed by atoms with Crippen LogP contribution in [-0.4, -0.2) is 85.6 Å². The smallest absolute Gasteiger partial charge is 0.335 e. The van der Waals surface area contributed by atoms with Gasteiger partial charge in [0.25, 0.3) is 0 Å². The van der Waals surface area contributed by atoms with Gasteiger partial charge in [0, 0.05) is 18.8 Å². The quantitative estimate of drug-likeness (QED) is 0.312. The number of carbonyl (C=O) groups is 3. The molecule has 144 valence electrons. The van der Waals surface area contributed by atoms with Crippen LogP contribution in [0.25, 0.3) is 0 Å². The van der Waals surface area contributed by atoms with Crippen LogP contribution in [0.2, 0.25) is 0 Å². The average Bonchev–Trinajstić information content (AvgIpc) is 2.87. The fourth-order valence-electron chi connectivity index (χ4n) is 2.50. The molecule has 26 heavy (non-hydrogen) atoms. The third-order valence-electron chi connectivity index (χ3n) is 3.86. The molecule has 0 aromatic heterocycles. The Morgan fingerprint density at radius 2 is 1.96 bits per heavy atom. The number of rotatable bonds is 7. The van der Waals surface area contributed by atoms with Crippen LogP contribution in [0.4, 0.5) is 0 Å². The second-order valence-electron chi connectivity index (χ2n) is 5.79. The second kappa shape index (κ2) is 8.27. The Bertz CT molecular complexity index is 630.